The summed E-state index contributed by atoms with van der Waals surface area (Å²) in [6, 6.07) is 10.1. The molecule has 1 aliphatic rings. The normalized spacial score (nSPS) is 17.0. The van der Waals surface area contributed by atoms with Gasteiger partial charge in [0.25, 0.3) is 0 Å². The van der Waals surface area contributed by atoms with Gasteiger partial charge in [-0.15, -0.1) is 11.3 Å². The van der Waals surface area contributed by atoms with Gasteiger partial charge in [0.1, 0.15) is 12.4 Å². The van der Waals surface area contributed by atoms with Crippen LogP contribution in [0, 0.1) is 12.8 Å². The number of rotatable bonds is 3. The molecule has 1 aromatic carbocycles. The predicted molar refractivity (Wildman–Crippen MR) is 84.7 cm³/mol. The van der Waals surface area contributed by atoms with Gasteiger partial charge in [0.15, 0.2) is 0 Å². The number of benzene rings is 1. The van der Waals surface area contributed by atoms with Crippen LogP contribution in [-0.4, -0.2) is 24.5 Å². The summed E-state index contributed by atoms with van der Waals surface area (Å²) in [4.78, 5) is 15.7. The van der Waals surface area contributed by atoms with Crippen molar-refractivity contribution in [3.8, 4) is 5.75 Å². The number of amides is 1. The zero-order valence-electron chi connectivity index (χ0n) is 12.3. The summed E-state index contributed by atoms with van der Waals surface area (Å²) in [6.07, 6.45) is 0.767. The Labute approximate surface area is 129 Å². The number of aryl methyl sites for hydroxylation is 1. The van der Waals surface area contributed by atoms with E-state index in [1.165, 1.54) is 10.4 Å². The van der Waals surface area contributed by atoms with Crippen LogP contribution in [0.25, 0.3) is 0 Å². The molecule has 0 bridgehead atoms. The van der Waals surface area contributed by atoms with Crippen LogP contribution in [0.1, 0.15) is 16.0 Å². The van der Waals surface area contributed by atoms with Crippen molar-refractivity contribution in [3.63, 3.8) is 0 Å². The number of nitrogens with zero attached hydrogens (tertiary/aromatic N) is 1. The lowest BCUT2D eigenvalue weighted by molar-refractivity contribution is -0.136. The van der Waals surface area contributed by atoms with Crippen molar-refractivity contribution < 1.29 is 9.53 Å². The quantitative estimate of drug-likeness (QED) is 0.871. The fraction of sp³-hybridized carbons (Fsp3) is 0.353. The van der Waals surface area contributed by atoms with Crippen molar-refractivity contribution in [3.05, 3.63) is 51.7 Å². The molecule has 0 fully saturated rings. The van der Waals surface area contributed by atoms with Gasteiger partial charge in [0, 0.05) is 11.9 Å². The third-order valence-corrected chi connectivity index (χ3v) is 4.96. The smallest absolute Gasteiger partial charge is 0.229 e. The van der Waals surface area contributed by atoms with E-state index in [-0.39, 0.29) is 11.8 Å². The summed E-state index contributed by atoms with van der Waals surface area (Å²) in [5.41, 5.74) is 2.38. The van der Waals surface area contributed by atoms with Gasteiger partial charge >= 0.3 is 0 Å². The van der Waals surface area contributed by atoms with E-state index in [2.05, 4.69) is 18.4 Å². The minimum Gasteiger partial charge on any atom is -0.492 e. The molecule has 0 aliphatic carbocycles. The molecule has 1 aromatic heterocycles. The van der Waals surface area contributed by atoms with Crippen LogP contribution in [0.15, 0.2) is 35.7 Å². The first-order valence-corrected chi connectivity index (χ1v) is 8.02. The Morgan fingerprint density at radius 2 is 2.19 bits per heavy atom. The van der Waals surface area contributed by atoms with Crippen LogP contribution >= 0.6 is 11.3 Å². The summed E-state index contributed by atoms with van der Waals surface area (Å²) < 4.78 is 5.72. The monoisotopic (exact) mass is 301 g/mol. The van der Waals surface area contributed by atoms with Crippen molar-refractivity contribution in [1.29, 1.82) is 0 Å². The number of thiophene rings is 1. The summed E-state index contributed by atoms with van der Waals surface area (Å²) in [5, 5.41) is 2.07. The van der Waals surface area contributed by atoms with Gasteiger partial charge < -0.3 is 9.64 Å². The zero-order valence-corrected chi connectivity index (χ0v) is 13.2. The van der Waals surface area contributed by atoms with E-state index in [9.17, 15) is 4.79 Å². The zero-order chi connectivity index (χ0) is 14.8. The lowest BCUT2D eigenvalue weighted by atomic mass is 9.95. The van der Waals surface area contributed by atoms with Crippen LogP contribution in [0.3, 0.4) is 0 Å². The molecule has 0 saturated heterocycles. The summed E-state index contributed by atoms with van der Waals surface area (Å²) in [6.45, 7) is 3.24. The van der Waals surface area contributed by atoms with Crippen molar-refractivity contribution >= 4 is 17.2 Å². The third kappa shape index (κ3) is 2.95. The Kier molecular flexibility index (Phi) is 3.97. The molecule has 0 radical (unpaired) electrons. The second-order valence-corrected chi connectivity index (χ2v) is 6.54. The number of carbonyl (C=O) groups excluding carboxylic acids is 1. The first kappa shape index (κ1) is 14.1. The first-order valence-electron chi connectivity index (χ1n) is 7.14. The largest absolute Gasteiger partial charge is 0.492 e. The molecule has 2 heterocycles. The lowest BCUT2D eigenvalue weighted by Crippen LogP contribution is -2.38. The van der Waals surface area contributed by atoms with Gasteiger partial charge in [-0.3, -0.25) is 4.79 Å². The Morgan fingerprint density at radius 1 is 1.38 bits per heavy atom. The van der Waals surface area contributed by atoms with E-state index in [1.807, 2.05) is 36.2 Å². The molecule has 3 nitrogen and oxygen atoms in total. The van der Waals surface area contributed by atoms with Crippen molar-refractivity contribution in [2.24, 2.45) is 5.92 Å². The molecule has 0 N–H and O–H groups in total. The van der Waals surface area contributed by atoms with E-state index in [0.29, 0.717) is 13.2 Å². The predicted octanol–water partition coefficient (Wildman–Crippen LogP) is 3.27. The highest BCUT2D eigenvalue weighted by Gasteiger charge is 2.28. The maximum Gasteiger partial charge on any atom is 0.229 e. The molecule has 1 atom stereocenters. The molecule has 0 spiro atoms. The van der Waals surface area contributed by atoms with Crippen LogP contribution in [-0.2, 0) is 17.8 Å². The number of fused-ring (bicyclic) bond motifs is 1. The van der Waals surface area contributed by atoms with E-state index < -0.39 is 0 Å². The first-order chi connectivity index (χ1) is 10.1. The Balaban J connectivity index is 1.67. The molecule has 2 aromatic rings. The number of para-hydroxylation sites is 1. The van der Waals surface area contributed by atoms with Gasteiger partial charge in [-0.05, 0) is 42.0 Å². The third-order valence-electron chi connectivity index (χ3n) is 3.95. The lowest BCUT2D eigenvalue weighted by Gasteiger charge is -2.28. The minimum absolute atomic E-state index is 0.0785. The number of hydrogen-bond acceptors (Lipinski definition) is 3. The van der Waals surface area contributed by atoms with Gasteiger partial charge in [-0.25, -0.2) is 0 Å². The number of hydrogen-bond donors (Lipinski definition) is 0. The highest BCUT2D eigenvalue weighted by molar-refractivity contribution is 7.10. The van der Waals surface area contributed by atoms with Crippen LogP contribution in [0.5, 0.6) is 5.75 Å². The molecule has 4 heteroatoms. The topological polar surface area (TPSA) is 29.5 Å². The molecular formula is C17H19NO2S. The molecule has 1 amide bonds. The summed E-state index contributed by atoms with van der Waals surface area (Å²) >= 11 is 1.71. The SMILES string of the molecule is Cc1ccsc1CN(C)C(=O)C1COc2ccccc2C1. The van der Waals surface area contributed by atoms with E-state index in [0.717, 1.165) is 17.7 Å². The molecule has 110 valence electrons. The Morgan fingerprint density at radius 3 is 2.95 bits per heavy atom. The molecule has 0 saturated carbocycles. The number of ether oxygens (including phenoxy) is 1. The average Bonchev–Trinajstić information content (AvgIpc) is 2.91. The van der Waals surface area contributed by atoms with Crippen molar-refractivity contribution in [1.82, 2.24) is 4.90 Å². The molecule has 1 aliphatic heterocycles. The molecular weight excluding hydrogens is 282 g/mol. The van der Waals surface area contributed by atoms with Crippen LogP contribution < -0.4 is 4.74 Å². The standard InChI is InChI=1S/C17H19NO2S/c1-12-7-8-21-16(12)10-18(2)17(19)14-9-13-5-3-4-6-15(13)20-11-14/h3-8,14H,9-11H2,1-2H3. The highest BCUT2D eigenvalue weighted by Crippen LogP contribution is 2.28. The summed E-state index contributed by atoms with van der Waals surface area (Å²) in [5.74, 6) is 1.00. The van der Waals surface area contributed by atoms with Crippen LogP contribution in [0.2, 0.25) is 0 Å². The van der Waals surface area contributed by atoms with Gasteiger partial charge in [-0.2, -0.15) is 0 Å². The highest BCUT2D eigenvalue weighted by atomic mass is 32.1. The number of carbonyl (C=O) groups is 1. The average molecular weight is 301 g/mol. The fourth-order valence-electron chi connectivity index (χ4n) is 2.66. The molecule has 3 rings (SSSR count). The van der Waals surface area contributed by atoms with Crippen molar-refractivity contribution in [2.75, 3.05) is 13.7 Å². The van der Waals surface area contributed by atoms with E-state index in [1.54, 1.807) is 11.3 Å². The van der Waals surface area contributed by atoms with Gasteiger partial charge in [-0.1, -0.05) is 18.2 Å². The van der Waals surface area contributed by atoms with Crippen molar-refractivity contribution in [2.45, 2.75) is 19.9 Å². The van der Waals surface area contributed by atoms with Gasteiger partial charge in [0.2, 0.25) is 5.91 Å². The fourth-order valence-corrected chi connectivity index (χ4v) is 3.62. The minimum atomic E-state index is -0.0785. The van der Waals surface area contributed by atoms with E-state index in [4.69, 9.17) is 4.74 Å². The Hall–Kier alpha value is -1.81. The Bertz CT molecular complexity index is 650. The molecule has 1 unspecified atom stereocenters. The summed E-state index contributed by atoms with van der Waals surface area (Å²) in [7, 11) is 1.88. The van der Waals surface area contributed by atoms with Crippen LogP contribution in [0.4, 0.5) is 0 Å². The second kappa shape index (κ2) is 5.90. The maximum absolute atomic E-state index is 12.6. The maximum atomic E-state index is 12.6. The molecule has 21 heavy (non-hydrogen) atoms. The van der Waals surface area contributed by atoms with Gasteiger partial charge in [0.05, 0.1) is 12.5 Å². The van der Waals surface area contributed by atoms with E-state index >= 15 is 0 Å². The second-order valence-electron chi connectivity index (χ2n) is 5.54.